The molecular weight excluding hydrogens is 444 g/mol. The number of nitrogens with one attached hydrogen (secondary N) is 1. The standard InChI is InChI=1S/C23H28N4O3S2/c1-15(2)19-8-6-7-17(4)22(19)24-21(28)13-31-23-26-25-20(27(23)5)14-32(29,30)18-11-9-16(3)10-12-18/h6-12,15H,13-14H2,1-5H3,(H,24,28). The Morgan fingerprint density at radius 3 is 2.44 bits per heavy atom. The molecule has 1 amide bonds. The van der Waals surface area contributed by atoms with Crippen molar-refractivity contribution in [3.05, 3.63) is 65.0 Å². The van der Waals surface area contributed by atoms with Crippen LogP contribution in [0.3, 0.4) is 0 Å². The van der Waals surface area contributed by atoms with Crippen LogP contribution in [0.1, 0.15) is 42.3 Å². The first-order chi connectivity index (χ1) is 15.1. The topological polar surface area (TPSA) is 94.0 Å². The van der Waals surface area contributed by atoms with E-state index in [0.29, 0.717) is 11.0 Å². The van der Waals surface area contributed by atoms with Crippen LogP contribution in [0.15, 0.2) is 52.5 Å². The molecule has 1 N–H and O–H groups in total. The second kappa shape index (κ2) is 9.87. The van der Waals surface area contributed by atoms with Crippen LogP contribution >= 0.6 is 11.8 Å². The molecule has 0 radical (unpaired) electrons. The van der Waals surface area contributed by atoms with E-state index in [4.69, 9.17) is 0 Å². The lowest BCUT2D eigenvalue weighted by atomic mass is 9.98. The summed E-state index contributed by atoms with van der Waals surface area (Å²) in [6.07, 6.45) is 0. The average molecular weight is 473 g/mol. The maximum absolute atomic E-state index is 12.7. The Morgan fingerprint density at radius 2 is 1.78 bits per heavy atom. The highest BCUT2D eigenvalue weighted by Crippen LogP contribution is 2.28. The van der Waals surface area contributed by atoms with Crippen molar-refractivity contribution in [1.82, 2.24) is 14.8 Å². The quantitative estimate of drug-likeness (QED) is 0.492. The average Bonchev–Trinajstić information content (AvgIpc) is 3.07. The van der Waals surface area contributed by atoms with Gasteiger partial charge in [0.05, 0.1) is 10.6 Å². The van der Waals surface area contributed by atoms with Gasteiger partial charge in [0.1, 0.15) is 11.6 Å². The Balaban J connectivity index is 1.67. The van der Waals surface area contributed by atoms with E-state index in [2.05, 4.69) is 29.4 Å². The van der Waals surface area contributed by atoms with E-state index in [-0.39, 0.29) is 28.2 Å². The third-order valence-electron chi connectivity index (χ3n) is 5.15. The van der Waals surface area contributed by atoms with Crippen molar-refractivity contribution in [2.24, 2.45) is 7.05 Å². The molecule has 0 saturated heterocycles. The second-order valence-corrected chi connectivity index (χ2v) is 11.0. The number of rotatable bonds is 8. The summed E-state index contributed by atoms with van der Waals surface area (Å²) in [5, 5.41) is 11.6. The lowest BCUT2D eigenvalue weighted by Gasteiger charge is -2.16. The summed E-state index contributed by atoms with van der Waals surface area (Å²) in [5.41, 5.74) is 3.93. The van der Waals surface area contributed by atoms with E-state index < -0.39 is 9.84 Å². The summed E-state index contributed by atoms with van der Waals surface area (Å²) >= 11 is 1.22. The van der Waals surface area contributed by atoms with Gasteiger partial charge >= 0.3 is 0 Å². The number of carbonyl (C=O) groups is 1. The first kappa shape index (κ1) is 24.0. The van der Waals surface area contributed by atoms with Gasteiger partial charge in [0.25, 0.3) is 0 Å². The van der Waals surface area contributed by atoms with Crippen molar-refractivity contribution in [2.45, 2.75) is 49.4 Å². The fourth-order valence-corrected chi connectivity index (χ4v) is 5.28. The molecule has 0 saturated carbocycles. The van der Waals surface area contributed by atoms with Gasteiger partial charge in [-0.2, -0.15) is 0 Å². The number of aryl methyl sites for hydroxylation is 2. The molecule has 3 rings (SSSR count). The molecule has 3 aromatic rings. The molecule has 0 atom stereocenters. The van der Waals surface area contributed by atoms with Crippen LogP contribution in [-0.4, -0.2) is 34.8 Å². The summed E-state index contributed by atoms with van der Waals surface area (Å²) < 4.78 is 27.0. The first-order valence-electron chi connectivity index (χ1n) is 10.3. The monoisotopic (exact) mass is 472 g/mol. The van der Waals surface area contributed by atoms with Crippen LogP contribution in [0.2, 0.25) is 0 Å². The van der Waals surface area contributed by atoms with Crippen molar-refractivity contribution in [2.75, 3.05) is 11.1 Å². The lowest BCUT2D eigenvalue weighted by Crippen LogP contribution is -2.17. The minimum absolute atomic E-state index is 0.141. The molecule has 32 heavy (non-hydrogen) atoms. The van der Waals surface area contributed by atoms with Crippen LogP contribution < -0.4 is 5.32 Å². The van der Waals surface area contributed by atoms with Crippen molar-refractivity contribution < 1.29 is 13.2 Å². The number of aromatic nitrogens is 3. The van der Waals surface area contributed by atoms with Crippen LogP contribution in [0, 0.1) is 13.8 Å². The number of anilines is 1. The molecule has 0 bridgehead atoms. The number of sulfone groups is 1. The molecule has 0 spiro atoms. The zero-order valence-electron chi connectivity index (χ0n) is 18.9. The number of hydrogen-bond donors (Lipinski definition) is 1. The molecule has 0 aliphatic carbocycles. The fourth-order valence-electron chi connectivity index (χ4n) is 3.24. The maximum atomic E-state index is 12.7. The predicted molar refractivity (Wildman–Crippen MR) is 128 cm³/mol. The molecule has 9 heteroatoms. The SMILES string of the molecule is Cc1ccc(S(=O)(=O)Cc2nnc(SCC(=O)Nc3c(C)cccc3C(C)C)n2C)cc1. The van der Waals surface area contributed by atoms with Gasteiger partial charge in [-0.25, -0.2) is 8.42 Å². The number of para-hydroxylation sites is 1. The van der Waals surface area contributed by atoms with E-state index in [1.807, 2.05) is 32.0 Å². The van der Waals surface area contributed by atoms with E-state index in [0.717, 1.165) is 22.4 Å². The summed E-state index contributed by atoms with van der Waals surface area (Å²) in [6, 6.07) is 12.7. The lowest BCUT2D eigenvalue weighted by molar-refractivity contribution is -0.113. The van der Waals surface area contributed by atoms with E-state index in [1.165, 1.54) is 11.8 Å². The Kier molecular flexibility index (Phi) is 7.40. The third kappa shape index (κ3) is 5.58. The zero-order chi connectivity index (χ0) is 23.5. The molecule has 1 aromatic heterocycles. The number of benzene rings is 2. The maximum Gasteiger partial charge on any atom is 0.234 e. The number of thioether (sulfide) groups is 1. The smallest absolute Gasteiger partial charge is 0.234 e. The highest BCUT2D eigenvalue weighted by molar-refractivity contribution is 7.99. The summed E-state index contributed by atoms with van der Waals surface area (Å²) in [5.74, 6) is 0.350. The van der Waals surface area contributed by atoms with E-state index in [1.54, 1.807) is 35.9 Å². The highest BCUT2D eigenvalue weighted by Gasteiger charge is 2.21. The fraction of sp³-hybridized carbons (Fsp3) is 0.348. The van der Waals surface area contributed by atoms with Gasteiger partial charge in [0.2, 0.25) is 5.91 Å². The molecule has 0 aliphatic heterocycles. The minimum atomic E-state index is -3.54. The first-order valence-corrected chi connectivity index (χ1v) is 12.9. The van der Waals surface area contributed by atoms with Gasteiger partial charge in [0.15, 0.2) is 15.0 Å². The second-order valence-electron chi connectivity index (χ2n) is 8.06. The predicted octanol–water partition coefficient (Wildman–Crippen LogP) is 4.26. The van der Waals surface area contributed by atoms with Gasteiger partial charge in [0, 0.05) is 12.7 Å². The summed E-state index contributed by atoms with van der Waals surface area (Å²) in [4.78, 5) is 12.8. The molecule has 0 aliphatic rings. The molecule has 0 unspecified atom stereocenters. The van der Waals surface area contributed by atoms with Gasteiger partial charge < -0.3 is 9.88 Å². The summed E-state index contributed by atoms with van der Waals surface area (Å²) in [6.45, 7) is 8.05. The number of hydrogen-bond acceptors (Lipinski definition) is 6. The third-order valence-corrected chi connectivity index (χ3v) is 7.80. The van der Waals surface area contributed by atoms with Gasteiger partial charge in [-0.1, -0.05) is 61.5 Å². The zero-order valence-corrected chi connectivity index (χ0v) is 20.5. The Bertz CT molecular complexity index is 1220. The molecule has 2 aromatic carbocycles. The molecule has 0 fully saturated rings. The van der Waals surface area contributed by atoms with Crippen molar-refractivity contribution >= 4 is 33.2 Å². The number of carbonyl (C=O) groups excluding carboxylic acids is 1. The number of nitrogens with zero attached hydrogens (tertiary/aromatic N) is 3. The minimum Gasteiger partial charge on any atom is -0.325 e. The Labute approximate surface area is 193 Å². The van der Waals surface area contributed by atoms with Gasteiger partial charge in [-0.05, 0) is 43.0 Å². The van der Waals surface area contributed by atoms with E-state index >= 15 is 0 Å². The van der Waals surface area contributed by atoms with Crippen molar-refractivity contribution in [1.29, 1.82) is 0 Å². The van der Waals surface area contributed by atoms with Gasteiger partial charge in [-0.3, -0.25) is 4.79 Å². The number of amides is 1. The Hall–Kier alpha value is -2.65. The molecule has 170 valence electrons. The van der Waals surface area contributed by atoms with Crippen LogP contribution in [0.4, 0.5) is 5.69 Å². The normalized spacial score (nSPS) is 11.7. The van der Waals surface area contributed by atoms with E-state index in [9.17, 15) is 13.2 Å². The van der Waals surface area contributed by atoms with Gasteiger partial charge in [-0.15, -0.1) is 10.2 Å². The van der Waals surface area contributed by atoms with Crippen LogP contribution in [0.5, 0.6) is 0 Å². The largest absolute Gasteiger partial charge is 0.325 e. The molecular formula is C23H28N4O3S2. The molecule has 7 nitrogen and oxygen atoms in total. The van der Waals surface area contributed by atoms with Crippen molar-refractivity contribution in [3.63, 3.8) is 0 Å². The van der Waals surface area contributed by atoms with Crippen LogP contribution in [0.25, 0.3) is 0 Å². The highest BCUT2D eigenvalue weighted by atomic mass is 32.2. The summed E-state index contributed by atoms with van der Waals surface area (Å²) in [7, 11) is -1.83. The van der Waals surface area contributed by atoms with Crippen LogP contribution in [-0.2, 0) is 27.4 Å². The van der Waals surface area contributed by atoms with Crippen molar-refractivity contribution in [3.8, 4) is 0 Å². The molecule has 1 heterocycles. The Morgan fingerprint density at radius 1 is 1.09 bits per heavy atom.